The van der Waals surface area contributed by atoms with Crippen LogP contribution in [0.4, 0.5) is 13.2 Å². The summed E-state index contributed by atoms with van der Waals surface area (Å²) in [5.41, 5.74) is -1.01. The van der Waals surface area contributed by atoms with Crippen LogP contribution in [0.15, 0.2) is 24.3 Å². The number of benzene rings is 1. The van der Waals surface area contributed by atoms with Crippen LogP contribution in [-0.4, -0.2) is 49.3 Å². The molecule has 7 nitrogen and oxygen atoms in total. The number of hydrogen-bond donors (Lipinski definition) is 1. The number of alkyl halides is 3. The van der Waals surface area contributed by atoms with E-state index in [1.54, 1.807) is 0 Å². The summed E-state index contributed by atoms with van der Waals surface area (Å²) in [5, 5.41) is 21.2. The van der Waals surface area contributed by atoms with Crippen molar-refractivity contribution in [2.24, 2.45) is 11.3 Å². The van der Waals surface area contributed by atoms with Gasteiger partial charge in [-0.25, -0.2) is 0 Å². The Hall–Kier alpha value is -2.49. The molecule has 2 aliphatic rings. The van der Waals surface area contributed by atoms with E-state index in [2.05, 4.69) is 15.5 Å². The second kappa shape index (κ2) is 6.29. The van der Waals surface area contributed by atoms with Crippen LogP contribution in [0.25, 0.3) is 5.69 Å². The molecule has 1 aromatic carbocycles. The maximum Gasteiger partial charge on any atom is 0.416 e. The van der Waals surface area contributed by atoms with Crippen molar-refractivity contribution >= 4 is 5.97 Å². The van der Waals surface area contributed by atoms with E-state index >= 15 is 0 Å². The second-order valence-corrected chi connectivity index (χ2v) is 7.27. The quantitative estimate of drug-likeness (QED) is 0.875. The van der Waals surface area contributed by atoms with Gasteiger partial charge in [0.15, 0.2) is 5.82 Å². The molecule has 4 rings (SSSR count). The van der Waals surface area contributed by atoms with Crippen LogP contribution in [-0.2, 0) is 17.5 Å². The summed E-state index contributed by atoms with van der Waals surface area (Å²) in [5.74, 6) is -0.171. The molecule has 2 aromatic rings. The summed E-state index contributed by atoms with van der Waals surface area (Å²) in [7, 11) is 0. The van der Waals surface area contributed by atoms with Gasteiger partial charge in [0.2, 0.25) is 0 Å². The van der Waals surface area contributed by atoms with E-state index in [1.807, 2.05) is 4.90 Å². The molecule has 2 atom stereocenters. The maximum absolute atomic E-state index is 12.7. The van der Waals surface area contributed by atoms with Crippen molar-refractivity contribution in [3.05, 3.63) is 35.7 Å². The molecule has 0 amide bonds. The molecular weight excluding hydrogens is 363 g/mol. The fourth-order valence-corrected chi connectivity index (χ4v) is 4.36. The Balaban J connectivity index is 1.53. The molecular formula is C17H18F3N5O2. The maximum atomic E-state index is 12.7. The number of carboxylic acids is 1. The second-order valence-electron chi connectivity index (χ2n) is 7.27. The number of hydrogen-bond acceptors (Lipinski definition) is 5. The number of likely N-dealkylation sites (tertiary alicyclic amines) is 1. The van der Waals surface area contributed by atoms with Crippen molar-refractivity contribution in [2.45, 2.75) is 32.0 Å². The fraction of sp³-hybridized carbons (Fsp3) is 0.529. The molecule has 1 aliphatic carbocycles. The topological polar surface area (TPSA) is 84.1 Å². The molecule has 1 saturated heterocycles. The van der Waals surface area contributed by atoms with Gasteiger partial charge in [-0.1, -0.05) is 6.42 Å². The number of carbonyl (C=O) groups is 1. The normalized spacial score (nSPS) is 25.7. The first-order valence-electron chi connectivity index (χ1n) is 8.70. The Bertz CT molecular complexity index is 851. The molecule has 1 N–H and O–H groups in total. The van der Waals surface area contributed by atoms with Gasteiger partial charge in [-0.3, -0.25) is 9.69 Å². The van der Waals surface area contributed by atoms with Crippen LogP contribution in [0.3, 0.4) is 0 Å². The van der Waals surface area contributed by atoms with E-state index in [4.69, 9.17) is 0 Å². The molecule has 1 aliphatic heterocycles. The van der Waals surface area contributed by atoms with Crippen molar-refractivity contribution in [3.8, 4) is 5.69 Å². The molecule has 0 unspecified atom stereocenters. The zero-order valence-electron chi connectivity index (χ0n) is 14.4. The first kappa shape index (κ1) is 17.9. The van der Waals surface area contributed by atoms with Crippen LogP contribution in [0.5, 0.6) is 0 Å². The van der Waals surface area contributed by atoms with Gasteiger partial charge in [0.05, 0.1) is 23.2 Å². The number of carboxylic acid groups (broad SMARTS) is 1. The van der Waals surface area contributed by atoms with Gasteiger partial charge >= 0.3 is 12.1 Å². The van der Waals surface area contributed by atoms with Crippen LogP contribution in [0.2, 0.25) is 0 Å². The van der Waals surface area contributed by atoms with Crippen LogP contribution in [0.1, 0.15) is 30.7 Å². The monoisotopic (exact) mass is 381 g/mol. The highest BCUT2D eigenvalue weighted by Gasteiger charge is 2.54. The summed E-state index contributed by atoms with van der Waals surface area (Å²) >= 11 is 0. The zero-order valence-corrected chi connectivity index (χ0v) is 14.4. The summed E-state index contributed by atoms with van der Waals surface area (Å²) in [4.78, 5) is 13.8. The lowest BCUT2D eigenvalue weighted by atomic mass is 9.81. The Morgan fingerprint density at radius 1 is 1.30 bits per heavy atom. The Morgan fingerprint density at radius 3 is 2.67 bits per heavy atom. The number of tetrazole rings is 1. The van der Waals surface area contributed by atoms with Crippen LogP contribution >= 0.6 is 0 Å². The molecule has 2 heterocycles. The average molecular weight is 381 g/mol. The highest BCUT2D eigenvalue weighted by atomic mass is 19.4. The Labute approximate surface area is 152 Å². The minimum atomic E-state index is -4.40. The lowest BCUT2D eigenvalue weighted by Crippen LogP contribution is -2.35. The van der Waals surface area contributed by atoms with Crippen molar-refractivity contribution in [2.75, 3.05) is 13.1 Å². The minimum absolute atomic E-state index is 0.116. The third kappa shape index (κ3) is 3.07. The third-order valence-electron chi connectivity index (χ3n) is 5.71. The van der Waals surface area contributed by atoms with E-state index in [0.29, 0.717) is 37.6 Å². The number of rotatable bonds is 4. The van der Waals surface area contributed by atoms with Gasteiger partial charge in [-0.2, -0.15) is 17.9 Å². The molecule has 0 radical (unpaired) electrons. The lowest BCUT2D eigenvalue weighted by molar-refractivity contribution is -0.149. The van der Waals surface area contributed by atoms with Gasteiger partial charge < -0.3 is 5.11 Å². The first-order valence-corrected chi connectivity index (χ1v) is 8.70. The van der Waals surface area contributed by atoms with Crippen molar-refractivity contribution in [1.82, 2.24) is 25.1 Å². The van der Waals surface area contributed by atoms with Crippen molar-refractivity contribution in [1.29, 1.82) is 0 Å². The molecule has 10 heteroatoms. The van der Waals surface area contributed by atoms with E-state index in [9.17, 15) is 23.1 Å². The largest absolute Gasteiger partial charge is 0.481 e. The van der Waals surface area contributed by atoms with Gasteiger partial charge in [0.1, 0.15) is 0 Å². The SMILES string of the molecule is O=C(O)[C@@]12CCC[C@H]1CN(Cc1nnnn1-c1ccc(C(F)(F)F)cc1)C2. The van der Waals surface area contributed by atoms with Crippen LogP contribution < -0.4 is 0 Å². The molecule has 2 fully saturated rings. The highest BCUT2D eigenvalue weighted by Crippen LogP contribution is 2.49. The third-order valence-corrected chi connectivity index (χ3v) is 5.71. The van der Waals surface area contributed by atoms with Crippen molar-refractivity contribution in [3.63, 3.8) is 0 Å². The molecule has 144 valence electrons. The summed E-state index contributed by atoms with van der Waals surface area (Å²) < 4.78 is 39.6. The fourth-order valence-electron chi connectivity index (χ4n) is 4.36. The average Bonchev–Trinajstić information content (AvgIpc) is 3.29. The lowest BCUT2D eigenvalue weighted by Gasteiger charge is -2.23. The van der Waals surface area contributed by atoms with Gasteiger partial charge in [-0.15, -0.1) is 5.10 Å². The summed E-state index contributed by atoms with van der Waals surface area (Å²) in [6, 6.07) is 4.61. The predicted molar refractivity (Wildman–Crippen MR) is 86.8 cm³/mol. The first-order chi connectivity index (χ1) is 12.8. The molecule has 0 spiro atoms. The summed E-state index contributed by atoms with van der Waals surface area (Å²) in [6.07, 6.45) is -1.91. The van der Waals surface area contributed by atoms with E-state index in [-0.39, 0.29) is 5.92 Å². The van der Waals surface area contributed by atoms with E-state index in [1.165, 1.54) is 16.8 Å². The zero-order chi connectivity index (χ0) is 19.2. The standard InChI is InChI=1S/C17H18F3N5O2/c18-17(19,20)11-3-5-13(6-4-11)25-14(21-22-23-25)9-24-8-12-2-1-7-16(12,10-24)15(26)27/h3-6,12H,1-2,7-10H2,(H,26,27)/t12-,16+/m0/s1. The van der Waals surface area contributed by atoms with E-state index < -0.39 is 23.1 Å². The van der Waals surface area contributed by atoms with Gasteiger partial charge in [-0.05, 0) is 53.5 Å². The Kier molecular flexibility index (Phi) is 4.17. The molecule has 1 saturated carbocycles. The molecule has 27 heavy (non-hydrogen) atoms. The van der Waals surface area contributed by atoms with Crippen molar-refractivity contribution < 1.29 is 23.1 Å². The Morgan fingerprint density at radius 2 is 2.04 bits per heavy atom. The molecule has 0 bridgehead atoms. The minimum Gasteiger partial charge on any atom is -0.481 e. The van der Waals surface area contributed by atoms with Crippen LogP contribution in [0, 0.1) is 11.3 Å². The van der Waals surface area contributed by atoms with Gasteiger partial charge in [0, 0.05) is 13.1 Å². The number of halogens is 3. The smallest absolute Gasteiger partial charge is 0.416 e. The highest BCUT2D eigenvalue weighted by molar-refractivity contribution is 5.76. The number of aromatic nitrogens is 4. The van der Waals surface area contributed by atoms with E-state index in [0.717, 1.165) is 25.0 Å². The number of aliphatic carboxylic acids is 1. The number of nitrogens with zero attached hydrogens (tertiary/aromatic N) is 5. The summed E-state index contributed by atoms with van der Waals surface area (Å²) in [6.45, 7) is 1.44. The number of fused-ring (bicyclic) bond motifs is 1. The molecule has 1 aromatic heterocycles. The van der Waals surface area contributed by atoms with Gasteiger partial charge in [0.25, 0.3) is 0 Å². The predicted octanol–water partition coefficient (Wildman–Crippen LogP) is 2.37.